The maximum absolute atomic E-state index is 12.1. The molecule has 1 atom stereocenters. The Morgan fingerprint density at radius 1 is 1.22 bits per heavy atom. The van der Waals surface area contributed by atoms with Crippen LogP contribution in [0.15, 0.2) is 0 Å². The van der Waals surface area contributed by atoms with Crippen molar-refractivity contribution in [2.45, 2.75) is 82.6 Å². The van der Waals surface area contributed by atoms with Crippen LogP contribution in [0.25, 0.3) is 0 Å². The number of rotatable bonds is 3. The van der Waals surface area contributed by atoms with E-state index in [1.54, 1.807) is 0 Å². The molecule has 0 radical (unpaired) electrons. The third kappa shape index (κ3) is 2.16. The lowest BCUT2D eigenvalue weighted by molar-refractivity contribution is -0.134. The number of hydrogen-bond acceptors (Lipinski definition) is 3. The van der Waals surface area contributed by atoms with Gasteiger partial charge in [-0.15, -0.1) is 0 Å². The molecule has 0 aromatic rings. The third-order valence-corrected chi connectivity index (χ3v) is 4.48. The Morgan fingerprint density at radius 3 is 2.17 bits per heavy atom. The molecular weight excluding hydrogens is 228 g/mol. The number of nitrogens with one attached hydrogen (secondary N) is 1. The highest BCUT2D eigenvalue weighted by molar-refractivity contribution is 5.87. The molecule has 0 aromatic heterocycles. The summed E-state index contributed by atoms with van der Waals surface area (Å²) in [5, 5.41) is 3.54. The van der Waals surface area contributed by atoms with E-state index in [0.717, 1.165) is 12.8 Å². The molecule has 4 heteroatoms. The first-order valence-corrected chi connectivity index (χ1v) is 6.96. The zero-order chi connectivity index (χ0) is 13.6. The molecule has 2 rings (SSSR count). The smallest absolute Gasteiger partial charge is 0.240 e. The van der Waals surface area contributed by atoms with E-state index in [2.05, 4.69) is 5.32 Å². The van der Waals surface area contributed by atoms with Gasteiger partial charge in [-0.1, -0.05) is 12.8 Å². The van der Waals surface area contributed by atoms with Gasteiger partial charge in [0.05, 0.1) is 11.2 Å². The van der Waals surface area contributed by atoms with E-state index >= 15 is 0 Å². The van der Waals surface area contributed by atoms with Crippen LogP contribution in [-0.4, -0.2) is 28.7 Å². The van der Waals surface area contributed by atoms with Gasteiger partial charge in [-0.05, 0) is 40.5 Å². The van der Waals surface area contributed by atoms with Gasteiger partial charge in [0, 0.05) is 12.5 Å². The van der Waals surface area contributed by atoms with Gasteiger partial charge in [0.25, 0.3) is 0 Å². The quantitative estimate of drug-likeness (QED) is 0.806. The Hall–Kier alpha value is -0.610. The molecule has 0 aromatic carbocycles. The molecule has 1 amide bonds. The fourth-order valence-electron chi connectivity index (χ4n) is 3.76. The van der Waals surface area contributed by atoms with E-state index in [9.17, 15) is 4.79 Å². The maximum Gasteiger partial charge on any atom is 0.240 e. The van der Waals surface area contributed by atoms with Gasteiger partial charge in [-0.2, -0.15) is 0 Å². The van der Waals surface area contributed by atoms with Crippen LogP contribution in [0.5, 0.6) is 0 Å². The normalized spacial score (nSPS) is 34.9. The zero-order valence-electron chi connectivity index (χ0n) is 12.0. The molecule has 2 fully saturated rings. The van der Waals surface area contributed by atoms with Crippen molar-refractivity contribution in [1.29, 1.82) is 0 Å². The topological polar surface area (TPSA) is 64.3 Å². The second-order valence-corrected chi connectivity index (χ2v) is 6.94. The Bertz CT molecular complexity index is 346. The largest absolute Gasteiger partial charge is 0.368 e. The number of carbonyl (C=O) groups excluding carboxylic acids is 1. The highest BCUT2D eigenvalue weighted by Crippen LogP contribution is 2.45. The van der Waals surface area contributed by atoms with E-state index < -0.39 is 11.1 Å². The number of primary amides is 1. The second kappa shape index (κ2) is 4.20. The van der Waals surface area contributed by atoms with Crippen molar-refractivity contribution in [3.8, 4) is 0 Å². The van der Waals surface area contributed by atoms with E-state index in [1.165, 1.54) is 12.8 Å². The number of amides is 1. The molecule has 104 valence electrons. The summed E-state index contributed by atoms with van der Waals surface area (Å²) in [5.74, 6) is -0.287. The number of ether oxygens (including phenoxy) is 1. The lowest BCUT2D eigenvalue weighted by atomic mass is 9.77. The molecular formula is C14H26N2O2. The predicted molar refractivity (Wildman–Crippen MR) is 71.2 cm³/mol. The first-order chi connectivity index (χ1) is 8.19. The first-order valence-electron chi connectivity index (χ1n) is 6.96. The first kappa shape index (κ1) is 13.8. The molecule has 4 nitrogen and oxygen atoms in total. The SMILES string of the molecule is CC1(C)CC(NC2CCCC2)(C(N)=O)C(C)(C)O1. The average molecular weight is 254 g/mol. The van der Waals surface area contributed by atoms with Gasteiger partial charge in [-0.3, -0.25) is 10.1 Å². The number of carbonyl (C=O) groups is 1. The molecule has 0 spiro atoms. The van der Waals surface area contributed by atoms with Crippen LogP contribution >= 0.6 is 0 Å². The highest BCUT2D eigenvalue weighted by atomic mass is 16.5. The Balaban J connectivity index is 2.28. The van der Waals surface area contributed by atoms with Crippen molar-refractivity contribution in [2.75, 3.05) is 0 Å². The molecule has 1 heterocycles. The summed E-state index contributed by atoms with van der Waals surface area (Å²) in [6.45, 7) is 7.98. The van der Waals surface area contributed by atoms with Crippen LogP contribution in [0.1, 0.15) is 59.8 Å². The highest BCUT2D eigenvalue weighted by Gasteiger charge is 2.61. The summed E-state index contributed by atoms with van der Waals surface area (Å²) >= 11 is 0. The standard InChI is InChI=1S/C14H26N2O2/c1-12(2)9-14(11(15)17,13(3,4)18-12)16-10-7-5-6-8-10/h10,16H,5-9H2,1-4H3,(H2,15,17). The Labute approximate surface area is 110 Å². The molecule has 3 N–H and O–H groups in total. The van der Waals surface area contributed by atoms with Crippen LogP contribution in [0.2, 0.25) is 0 Å². The molecule has 2 aliphatic rings. The van der Waals surface area contributed by atoms with E-state index in [1.807, 2.05) is 27.7 Å². The molecule has 0 bridgehead atoms. The molecule has 1 saturated carbocycles. The zero-order valence-corrected chi connectivity index (χ0v) is 12.0. The monoisotopic (exact) mass is 254 g/mol. The fraction of sp³-hybridized carbons (Fsp3) is 0.929. The van der Waals surface area contributed by atoms with Crippen molar-refractivity contribution in [1.82, 2.24) is 5.32 Å². The lowest BCUT2D eigenvalue weighted by Gasteiger charge is -2.40. The summed E-state index contributed by atoms with van der Waals surface area (Å²) in [4.78, 5) is 12.1. The minimum Gasteiger partial charge on any atom is -0.368 e. The molecule has 1 unspecified atom stereocenters. The molecule has 18 heavy (non-hydrogen) atoms. The Morgan fingerprint density at radius 2 is 1.78 bits per heavy atom. The van der Waals surface area contributed by atoms with Crippen LogP contribution in [0.3, 0.4) is 0 Å². The van der Waals surface area contributed by atoms with E-state index in [-0.39, 0.29) is 11.5 Å². The summed E-state index contributed by atoms with van der Waals surface area (Å²) in [5.41, 5.74) is 4.10. The third-order valence-electron chi connectivity index (χ3n) is 4.48. The van der Waals surface area contributed by atoms with E-state index in [0.29, 0.717) is 12.5 Å². The van der Waals surface area contributed by atoms with Gasteiger partial charge in [0.15, 0.2) is 0 Å². The second-order valence-electron chi connectivity index (χ2n) is 6.94. The summed E-state index contributed by atoms with van der Waals surface area (Å²) in [6, 6.07) is 0.397. The van der Waals surface area contributed by atoms with Gasteiger partial charge in [-0.25, -0.2) is 0 Å². The predicted octanol–water partition coefficient (Wildman–Crippen LogP) is 1.72. The number of nitrogens with two attached hydrogens (primary N) is 1. The number of hydrogen-bond donors (Lipinski definition) is 2. The van der Waals surface area contributed by atoms with E-state index in [4.69, 9.17) is 10.5 Å². The summed E-state index contributed by atoms with van der Waals surface area (Å²) in [7, 11) is 0. The van der Waals surface area contributed by atoms with Crippen LogP contribution in [0.4, 0.5) is 0 Å². The Kier molecular flexibility index (Phi) is 3.23. The summed E-state index contributed by atoms with van der Waals surface area (Å²) in [6.07, 6.45) is 5.37. The fourth-order valence-corrected chi connectivity index (χ4v) is 3.76. The molecule has 1 saturated heterocycles. The van der Waals surface area contributed by atoms with Gasteiger partial charge in [0.2, 0.25) is 5.91 Å². The molecule has 1 aliphatic heterocycles. The van der Waals surface area contributed by atoms with Crippen LogP contribution in [-0.2, 0) is 9.53 Å². The van der Waals surface area contributed by atoms with Crippen LogP contribution in [0, 0.1) is 0 Å². The molecule has 1 aliphatic carbocycles. The maximum atomic E-state index is 12.1. The minimum absolute atomic E-state index is 0.287. The lowest BCUT2D eigenvalue weighted by Crippen LogP contribution is -2.67. The van der Waals surface area contributed by atoms with Crippen molar-refractivity contribution in [3.05, 3.63) is 0 Å². The van der Waals surface area contributed by atoms with Crippen molar-refractivity contribution in [3.63, 3.8) is 0 Å². The average Bonchev–Trinajstić information content (AvgIpc) is 2.71. The van der Waals surface area contributed by atoms with Crippen molar-refractivity contribution in [2.24, 2.45) is 5.73 Å². The van der Waals surface area contributed by atoms with Crippen molar-refractivity contribution >= 4 is 5.91 Å². The van der Waals surface area contributed by atoms with Gasteiger partial charge < -0.3 is 10.5 Å². The minimum atomic E-state index is -0.745. The summed E-state index contributed by atoms with van der Waals surface area (Å²) < 4.78 is 6.06. The van der Waals surface area contributed by atoms with Gasteiger partial charge in [0.1, 0.15) is 5.54 Å². The van der Waals surface area contributed by atoms with Crippen LogP contribution < -0.4 is 11.1 Å². The van der Waals surface area contributed by atoms with Crippen molar-refractivity contribution < 1.29 is 9.53 Å². The van der Waals surface area contributed by atoms with Gasteiger partial charge >= 0.3 is 0 Å².